The van der Waals surface area contributed by atoms with Gasteiger partial charge in [0.15, 0.2) is 0 Å². The van der Waals surface area contributed by atoms with Crippen LogP contribution < -0.4 is 11.1 Å². The molecule has 0 radical (unpaired) electrons. The summed E-state index contributed by atoms with van der Waals surface area (Å²) in [6.45, 7) is 3.86. The van der Waals surface area contributed by atoms with Crippen molar-refractivity contribution in [3.63, 3.8) is 0 Å². The summed E-state index contributed by atoms with van der Waals surface area (Å²) in [7, 11) is 0. The third-order valence-corrected chi connectivity index (χ3v) is 2.51. The first-order valence-corrected chi connectivity index (χ1v) is 5.85. The number of carbonyl (C=O) groups excluding carboxylic acids is 1. The number of hydrogen-bond donors (Lipinski definition) is 3. The molecule has 1 rings (SSSR count). The number of nitro benzene ring substituents is 1. The Kier molecular flexibility index (Phi) is 4.82. The van der Waals surface area contributed by atoms with Gasteiger partial charge in [0.25, 0.3) is 5.69 Å². The summed E-state index contributed by atoms with van der Waals surface area (Å²) >= 11 is 0. The van der Waals surface area contributed by atoms with Gasteiger partial charge in [0.1, 0.15) is 5.75 Å². The number of aromatic hydroxyl groups is 1. The van der Waals surface area contributed by atoms with Crippen LogP contribution >= 0.6 is 0 Å². The Morgan fingerprint density at radius 1 is 1.53 bits per heavy atom. The molecule has 0 aliphatic rings. The number of phenolic OH excluding ortho intramolecular Hbond substituents is 1. The largest absolute Gasteiger partial charge is 0.506 e. The number of benzene rings is 1. The SMILES string of the molecule is CC(C)C[C@H](N)C(=O)Nc1cc([N+](=O)[O-])ccc1O. The molecule has 0 aliphatic carbocycles. The molecule has 0 aromatic heterocycles. The first-order chi connectivity index (χ1) is 8.81. The summed E-state index contributed by atoms with van der Waals surface area (Å²) in [5.74, 6) is -0.473. The topological polar surface area (TPSA) is 118 Å². The first-order valence-electron chi connectivity index (χ1n) is 5.85. The zero-order valence-electron chi connectivity index (χ0n) is 10.8. The molecule has 0 spiro atoms. The Morgan fingerprint density at radius 2 is 2.16 bits per heavy atom. The van der Waals surface area contributed by atoms with E-state index in [1.54, 1.807) is 0 Å². The number of amides is 1. The monoisotopic (exact) mass is 267 g/mol. The van der Waals surface area contributed by atoms with Gasteiger partial charge in [-0.25, -0.2) is 0 Å². The predicted octanol–water partition coefficient (Wildman–Crippen LogP) is 1.61. The fraction of sp³-hybridized carbons (Fsp3) is 0.417. The van der Waals surface area contributed by atoms with E-state index in [-0.39, 0.29) is 23.0 Å². The Bertz CT molecular complexity index is 488. The highest BCUT2D eigenvalue weighted by Crippen LogP contribution is 2.27. The van der Waals surface area contributed by atoms with Gasteiger partial charge in [0.05, 0.1) is 16.7 Å². The van der Waals surface area contributed by atoms with Crippen LogP contribution in [0.1, 0.15) is 20.3 Å². The number of anilines is 1. The molecule has 1 aromatic rings. The van der Waals surface area contributed by atoms with Gasteiger partial charge < -0.3 is 16.2 Å². The van der Waals surface area contributed by atoms with E-state index in [9.17, 15) is 20.0 Å². The van der Waals surface area contributed by atoms with Crippen LogP contribution in [0.3, 0.4) is 0 Å². The highest BCUT2D eigenvalue weighted by Gasteiger charge is 2.18. The molecule has 0 fully saturated rings. The number of nitrogens with one attached hydrogen (secondary N) is 1. The van der Waals surface area contributed by atoms with Crippen molar-refractivity contribution in [2.24, 2.45) is 11.7 Å². The van der Waals surface area contributed by atoms with E-state index in [1.807, 2.05) is 13.8 Å². The molecule has 7 heteroatoms. The lowest BCUT2D eigenvalue weighted by Crippen LogP contribution is -2.36. The summed E-state index contributed by atoms with van der Waals surface area (Å²) < 4.78 is 0. The Labute approximate surface area is 110 Å². The third kappa shape index (κ3) is 4.22. The van der Waals surface area contributed by atoms with Crippen LogP contribution in [0.2, 0.25) is 0 Å². The van der Waals surface area contributed by atoms with Gasteiger partial charge in [-0.1, -0.05) is 13.8 Å². The molecule has 1 aromatic carbocycles. The van der Waals surface area contributed by atoms with E-state index in [4.69, 9.17) is 5.73 Å². The lowest BCUT2D eigenvalue weighted by atomic mass is 10.0. The van der Waals surface area contributed by atoms with E-state index < -0.39 is 16.9 Å². The lowest BCUT2D eigenvalue weighted by Gasteiger charge is -2.14. The summed E-state index contributed by atoms with van der Waals surface area (Å²) in [4.78, 5) is 21.8. The van der Waals surface area contributed by atoms with Crippen LogP contribution in [0.5, 0.6) is 5.75 Å². The van der Waals surface area contributed by atoms with Crippen molar-refractivity contribution < 1.29 is 14.8 Å². The molecular weight excluding hydrogens is 250 g/mol. The van der Waals surface area contributed by atoms with Crippen molar-refractivity contribution in [1.29, 1.82) is 0 Å². The van der Waals surface area contributed by atoms with E-state index >= 15 is 0 Å². The predicted molar refractivity (Wildman–Crippen MR) is 70.8 cm³/mol. The van der Waals surface area contributed by atoms with Crippen LogP contribution in [-0.4, -0.2) is 22.0 Å². The third-order valence-electron chi connectivity index (χ3n) is 2.51. The highest BCUT2D eigenvalue weighted by atomic mass is 16.6. The second kappa shape index (κ2) is 6.14. The average molecular weight is 267 g/mol. The maximum absolute atomic E-state index is 11.8. The van der Waals surface area contributed by atoms with E-state index in [1.165, 1.54) is 0 Å². The minimum Gasteiger partial charge on any atom is -0.506 e. The normalized spacial score (nSPS) is 12.2. The van der Waals surface area contributed by atoms with Crippen molar-refractivity contribution in [1.82, 2.24) is 0 Å². The molecule has 0 bridgehead atoms. The number of hydrogen-bond acceptors (Lipinski definition) is 5. The fourth-order valence-electron chi connectivity index (χ4n) is 1.58. The fourth-order valence-corrected chi connectivity index (χ4v) is 1.58. The molecule has 7 nitrogen and oxygen atoms in total. The lowest BCUT2D eigenvalue weighted by molar-refractivity contribution is -0.384. The quantitative estimate of drug-likeness (QED) is 0.425. The number of rotatable bonds is 5. The number of carbonyl (C=O) groups is 1. The van der Waals surface area contributed by atoms with Gasteiger partial charge in [-0.15, -0.1) is 0 Å². The number of non-ortho nitro benzene ring substituents is 1. The summed E-state index contributed by atoms with van der Waals surface area (Å²) in [6.07, 6.45) is 0.488. The van der Waals surface area contributed by atoms with Gasteiger partial charge in [-0.2, -0.15) is 0 Å². The zero-order chi connectivity index (χ0) is 14.6. The molecule has 1 atom stereocenters. The zero-order valence-corrected chi connectivity index (χ0v) is 10.8. The van der Waals surface area contributed by atoms with Crippen molar-refractivity contribution in [3.05, 3.63) is 28.3 Å². The van der Waals surface area contributed by atoms with E-state index in [0.717, 1.165) is 18.2 Å². The number of nitrogens with two attached hydrogens (primary N) is 1. The first kappa shape index (κ1) is 14.9. The molecule has 104 valence electrons. The van der Waals surface area contributed by atoms with Crippen molar-refractivity contribution in [3.8, 4) is 5.75 Å². The van der Waals surface area contributed by atoms with Gasteiger partial charge >= 0.3 is 0 Å². The summed E-state index contributed by atoms with van der Waals surface area (Å²) in [6, 6.07) is 2.68. The smallest absolute Gasteiger partial charge is 0.271 e. The van der Waals surface area contributed by atoms with Gasteiger partial charge in [0, 0.05) is 12.1 Å². The van der Waals surface area contributed by atoms with Gasteiger partial charge in [0.2, 0.25) is 5.91 Å². The van der Waals surface area contributed by atoms with E-state index in [0.29, 0.717) is 6.42 Å². The van der Waals surface area contributed by atoms with Crippen molar-refractivity contribution in [2.45, 2.75) is 26.3 Å². The molecule has 4 N–H and O–H groups in total. The molecule has 19 heavy (non-hydrogen) atoms. The average Bonchev–Trinajstić information content (AvgIpc) is 2.30. The van der Waals surface area contributed by atoms with Gasteiger partial charge in [-0.3, -0.25) is 14.9 Å². The Morgan fingerprint density at radius 3 is 2.68 bits per heavy atom. The standard InChI is InChI=1S/C12H17N3O4/c1-7(2)5-9(13)12(17)14-10-6-8(15(18)19)3-4-11(10)16/h3-4,6-7,9,16H,5,13H2,1-2H3,(H,14,17)/t9-/m0/s1. The van der Waals surface area contributed by atoms with E-state index in [2.05, 4.69) is 5.32 Å². The Hall–Kier alpha value is -2.15. The summed E-state index contributed by atoms with van der Waals surface area (Å²) in [5, 5.41) is 22.6. The minimum atomic E-state index is -0.723. The molecular formula is C12H17N3O4. The molecule has 1 amide bonds. The minimum absolute atomic E-state index is 0.0154. The molecule has 0 saturated heterocycles. The number of nitro groups is 1. The molecule has 0 saturated carbocycles. The second-order valence-corrected chi connectivity index (χ2v) is 4.68. The van der Waals surface area contributed by atoms with Crippen LogP contribution in [0.4, 0.5) is 11.4 Å². The second-order valence-electron chi connectivity index (χ2n) is 4.68. The number of phenols is 1. The van der Waals surface area contributed by atoms with Crippen LogP contribution in [0.15, 0.2) is 18.2 Å². The molecule has 0 heterocycles. The maximum Gasteiger partial charge on any atom is 0.271 e. The van der Waals surface area contributed by atoms with Crippen molar-refractivity contribution >= 4 is 17.3 Å². The summed E-state index contributed by atoms with van der Waals surface area (Å²) in [5.41, 5.74) is 5.45. The van der Waals surface area contributed by atoms with Crippen LogP contribution in [0, 0.1) is 16.0 Å². The number of nitrogens with zero attached hydrogens (tertiary/aromatic N) is 1. The van der Waals surface area contributed by atoms with Crippen molar-refractivity contribution in [2.75, 3.05) is 5.32 Å². The van der Waals surface area contributed by atoms with Crippen LogP contribution in [-0.2, 0) is 4.79 Å². The van der Waals surface area contributed by atoms with Crippen LogP contribution in [0.25, 0.3) is 0 Å². The van der Waals surface area contributed by atoms with Gasteiger partial charge in [-0.05, 0) is 18.4 Å². The maximum atomic E-state index is 11.8. The molecule has 0 aliphatic heterocycles. The highest BCUT2D eigenvalue weighted by molar-refractivity contribution is 5.96. The molecule has 0 unspecified atom stereocenters. The Balaban J connectivity index is 2.84.